The van der Waals surface area contributed by atoms with Gasteiger partial charge < -0.3 is 9.64 Å². The zero-order valence-corrected chi connectivity index (χ0v) is 8.03. The number of esters is 1. The molecule has 0 N–H and O–H groups in total. The topological polar surface area (TPSA) is 46.6 Å². The number of rotatable bonds is 2. The van der Waals surface area contributed by atoms with E-state index in [9.17, 15) is 9.59 Å². The van der Waals surface area contributed by atoms with Crippen molar-refractivity contribution in [1.29, 1.82) is 0 Å². The lowest BCUT2D eigenvalue weighted by Gasteiger charge is -2.21. The Bertz CT molecular complexity index is 270. The summed E-state index contributed by atoms with van der Waals surface area (Å²) >= 11 is 0. The highest BCUT2D eigenvalue weighted by Crippen LogP contribution is 2.21. The molecular weight excluding hydrogens is 170 g/mol. The van der Waals surface area contributed by atoms with Crippen LogP contribution in [0.1, 0.15) is 20.3 Å². The van der Waals surface area contributed by atoms with Crippen molar-refractivity contribution in [2.45, 2.75) is 26.5 Å². The molecule has 1 amide bonds. The van der Waals surface area contributed by atoms with Crippen LogP contribution in [-0.2, 0) is 14.3 Å². The van der Waals surface area contributed by atoms with Crippen LogP contribution in [0.3, 0.4) is 0 Å². The summed E-state index contributed by atoms with van der Waals surface area (Å²) in [5.41, 5.74) is 0.850. The molecule has 0 aromatic rings. The zero-order chi connectivity index (χ0) is 10.0. The molecular formula is C9H13NO3. The van der Waals surface area contributed by atoms with Crippen molar-refractivity contribution in [3.63, 3.8) is 0 Å². The Labute approximate surface area is 77.2 Å². The van der Waals surface area contributed by atoms with E-state index in [4.69, 9.17) is 4.74 Å². The normalized spacial score (nSPS) is 21.8. The zero-order valence-electron chi connectivity index (χ0n) is 8.03. The first kappa shape index (κ1) is 9.77. The molecule has 1 unspecified atom stereocenters. The second kappa shape index (κ2) is 3.60. The van der Waals surface area contributed by atoms with Gasteiger partial charge in [-0.1, -0.05) is 6.92 Å². The number of amides is 1. The molecule has 0 radical (unpaired) electrons. The third kappa shape index (κ3) is 1.88. The van der Waals surface area contributed by atoms with Gasteiger partial charge in [0, 0.05) is 20.0 Å². The van der Waals surface area contributed by atoms with E-state index in [2.05, 4.69) is 0 Å². The second-order valence-corrected chi connectivity index (χ2v) is 2.98. The van der Waals surface area contributed by atoms with Crippen LogP contribution in [0.15, 0.2) is 11.6 Å². The summed E-state index contributed by atoms with van der Waals surface area (Å²) in [7, 11) is 1.62. The van der Waals surface area contributed by atoms with Gasteiger partial charge in [-0.2, -0.15) is 0 Å². The van der Waals surface area contributed by atoms with E-state index >= 15 is 0 Å². The van der Waals surface area contributed by atoms with Crippen LogP contribution < -0.4 is 0 Å². The van der Waals surface area contributed by atoms with Gasteiger partial charge in [0.05, 0.1) is 0 Å². The Balaban J connectivity index is 2.77. The highest BCUT2D eigenvalue weighted by Gasteiger charge is 2.30. The van der Waals surface area contributed by atoms with Crippen LogP contribution >= 0.6 is 0 Å². The molecule has 0 aromatic heterocycles. The molecule has 0 aliphatic carbocycles. The van der Waals surface area contributed by atoms with E-state index < -0.39 is 6.23 Å². The maximum Gasteiger partial charge on any atom is 0.304 e. The van der Waals surface area contributed by atoms with Gasteiger partial charge in [-0.25, -0.2) is 0 Å². The minimum absolute atomic E-state index is 0.108. The molecule has 4 heteroatoms. The van der Waals surface area contributed by atoms with Gasteiger partial charge in [0.15, 0.2) is 0 Å². The first-order valence-electron chi connectivity index (χ1n) is 4.20. The van der Waals surface area contributed by atoms with E-state index in [1.807, 2.05) is 6.92 Å². The first-order valence-corrected chi connectivity index (χ1v) is 4.20. The fourth-order valence-corrected chi connectivity index (χ4v) is 1.28. The summed E-state index contributed by atoms with van der Waals surface area (Å²) in [6, 6.07) is 0. The Morgan fingerprint density at radius 3 is 2.77 bits per heavy atom. The van der Waals surface area contributed by atoms with Crippen molar-refractivity contribution in [2.24, 2.45) is 0 Å². The molecule has 1 aliphatic heterocycles. The minimum atomic E-state index is -0.491. The van der Waals surface area contributed by atoms with Crippen molar-refractivity contribution in [3.05, 3.63) is 11.6 Å². The summed E-state index contributed by atoms with van der Waals surface area (Å²) < 4.78 is 5.00. The van der Waals surface area contributed by atoms with Crippen molar-refractivity contribution in [1.82, 2.24) is 4.90 Å². The van der Waals surface area contributed by atoms with Gasteiger partial charge in [0.2, 0.25) is 12.1 Å². The summed E-state index contributed by atoms with van der Waals surface area (Å²) in [6.07, 6.45) is 1.75. The van der Waals surface area contributed by atoms with Crippen LogP contribution in [0.25, 0.3) is 0 Å². The number of carbonyl (C=O) groups excluding carboxylic acids is 2. The van der Waals surface area contributed by atoms with E-state index in [0.29, 0.717) is 6.42 Å². The molecule has 4 nitrogen and oxygen atoms in total. The smallest absolute Gasteiger partial charge is 0.304 e. The fraction of sp³-hybridized carbons (Fsp3) is 0.556. The molecule has 0 spiro atoms. The lowest BCUT2D eigenvalue weighted by Crippen LogP contribution is -2.34. The molecule has 0 bridgehead atoms. The summed E-state index contributed by atoms with van der Waals surface area (Å²) in [5.74, 6) is -0.478. The molecule has 1 aliphatic rings. The van der Waals surface area contributed by atoms with Crippen molar-refractivity contribution >= 4 is 11.9 Å². The standard InChI is InChI=1S/C9H13NO3/c1-4-7-5-8(12)10(3)9(7)13-6(2)11/h5,9H,4H2,1-3H3. The predicted octanol–water partition coefficient (Wildman–Crippen LogP) is 0.684. The van der Waals surface area contributed by atoms with Crippen LogP contribution in [0.4, 0.5) is 0 Å². The van der Waals surface area contributed by atoms with Crippen LogP contribution in [0.2, 0.25) is 0 Å². The third-order valence-electron chi connectivity index (χ3n) is 2.01. The molecule has 1 atom stereocenters. The van der Waals surface area contributed by atoms with Crippen molar-refractivity contribution in [3.8, 4) is 0 Å². The number of hydrogen-bond donors (Lipinski definition) is 0. The number of carbonyl (C=O) groups is 2. The van der Waals surface area contributed by atoms with Gasteiger partial charge >= 0.3 is 5.97 Å². The SMILES string of the molecule is CCC1=CC(=O)N(C)C1OC(C)=O. The molecule has 0 fully saturated rings. The first-order chi connectivity index (χ1) is 6.06. The largest absolute Gasteiger partial charge is 0.438 e. The highest BCUT2D eigenvalue weighted by atomic mass is 16.6. The van der Waals surface area contributed by atoms with E-state index in [0.717, 1.165) is 5.57 Å². The lowest BCUT2D eigenvalue weighted by molar-refractivity contribution is -0.154. The van der Waals surface area contributed by atoms with Gasteiger partial charge in [-0.15, -0.1) is 0 Å². The number of likely N-dealkylation sites (N-methyl/N-ethyl adjacent to an activating group) is 1. The lowest BCUT2D eigenvalue weighted by atomic mass is 10.2. The number of nitrogens with zero attached hydrogens (tertiary/aromatic N) is 1. The minimum Gasteiger partial charge on any atom is -0.438 e. The Morgan fingerprint density at radius 2 is 2.31 bits per heavy atom. The average Bonchev–Trinajstić information content (AvgIpc) is 2.31. The predicted molar refractivity (Wildman–Crippen MR) is 46.7 cm³/mol. The molecule has 0 saturated carbocycles. The maximum atomic E-state index is 11.2. The average molecular weight is 183 g/mol. The molecule has 0 saturated heterocycles. The molecule has 1 rings (SSSR count). The summed E-state index contributed by atoms with van der Waals surface area (Å²) in [5, 5.41) is 0. The van der Waals surface area contributed by atoms with Crippen LogP contribution in [-0.4, -0.2) is 30.1 Å². The molecule has 1 heterocycles. The van der Waals surface area contributed by atoms with Crippen LogP contribution in [0.5, 0.6) is 0 Å². The maximum absolute atomic E-state index is 11.2. The van der Waals surface area contributed by atoms with Crippen LogP contribution in [0, 0.1) is 0 Å². The fourth-order valence-electron chi connectivity index (χ4n) is 1.28. The summed E-state index contributed by atoms with van der Waals surface area (Å²) in [6.45, 7) is 3.26. The van der Waals surface area contributed by atoms with Gasteiger partial charge in [0.25, 0.3) is 0 Å². The van der Waals surface area contributed by atoms with Gasteiger partial charge in [0.1, 0.15) is 0 Å². The third-order valence-corrected chi connectivity index (χ3v) is 2.01. The highest BCUT2D eigenvalue weighted by molar-refractivity contribution is 5.91. The Hall–Kier alpha value is -1.32. The molecule has 13 heavy (non-hydrogen) atoms. The van der Waals surface area contributed by atoms with Crippen molar-refractivity contribution < 1.29 is 14.3 Å². The van der Waals surface area contributed by atoms with Gasteiger partial charge in [-0.3, -0.25) is 9.59 Å². The number of ether oxygens (including phenoxy) is 1. The summed E-state index contributed by atoms with van der Waals surface area (Å²) in [4.78, 5) is 23.3. The second-order valence-electron chi connectivity index (χ2n) is 2.98. The van der Waals surface area contributed by atoms with E-state index in [1.165, 1.54) is 17.9 Å². The Kier molecular flexibility index (Phi) is 2.70. The monoisotopic (exact) mass is 183 g/mol. The molecule has 0 aromatic carbocycles. The van der Waals surface area contributed by atoms with E-state index in [1.54, 1.807) is 7.05 Å². The van der Waals surface area contributed by atoms with E-state index in [-0.39, 0.29) is 11.9 Å². The quantitative estimate of drug-likeness (QED) is 0.591. The Morgan fingerprint density at radius 1 is 1.69 bits per heavy atom. The number of hydrogen-bond acceptors (Lipinski definition) is 3. The van der Waals surface area contributed by atoms with Crippen molar-refractivity contribution in [2.75, 3.05) is 7.05 Å². The molecule has 72 valence electrons. The van der Waals surface area contributed by atoms with Gasteiger partial charge in [-0.05, 0) is 12.0 Å².